The molecule has 26 heavy (non-hydrogen) atoms. The Balaban J connectivity index is 1.53. The minimum atomic E-state index is -0.112. The third-order valence-electron chi connectivity index (χ3n) is 4.28. The lowest BCUT2D eigenvalue weighted by molar-refractivity contribution is -0.117. The van der Waals surface area contributed by atoms with Gasteiger partial charge in [-0.15, -0.1) is 0 Å². The van der Waals surface area contributed by atoms with Crippen molar-refractivity contribution in [3.8, 4) is 0 Å². The predicted molar refractivity (Wildman–Crippen MR) is 104 cm³/mol. The van der Waals surface area contributed by atoms with Crippen LogP contribution in [-0.2, 0) is 17.8 Å². The van der Waals surface area contributed by atoms with Gasteiger partial charge >= 0.3 is 0 Å². The monoisotopic (exact) mass is 346 g/mol. The van der Waals surface area contributed by atoms with Crippen molar-refractivity contribution >= 4 is 22.5 Å². The van der Waals surface area contributed by atoms with Crippen molar-refractivity contribution in [1.29, 1.82) is 0 Å². The van der Waals surface area contributed by atoms with Crippen molar-refractivity contribution in [2.24, 2.45) is 0 Å². The number of hydrogen-bond acceptors (Lipinski definition) is 3. The summed E-state index contributed by atoms with van der Waals surface area (Å²) in [7, 11) is 1.61. The fourth-order valence-corrected chi connectivity index (χ4v) is 2.95. The highest BCUT2D eigenvalue weighted by molar-refractivity contribution is 5.94. The molecule has 3 aromatic rings. The van der Waals surface area contributed by atoms with Crippen LogP contribution < -0.4 is 10.6 Å². The average Bonchev–Trinajstić information content (AvgIpc) is 2.67. The van der Waals surface area contributed by atoms with Crippen LogP contribution in [0.1, 0.15) is 21.5 Å². The summed E-state index contributed by atoms with van der Waals surface area (Å²) in [6.07, 6.45) is 0.413. The highest BCUT2D eigenvalue weighted by Crippen LogP contribution is 2.16. The molecule has 0 heterocycles. The zero-order valence-electron chi connectivity index (χ0n) is 14.8. The molecule has 0 radical (unpaired) electrons. The van der Waals surface area contributed by atoms with Crippen molar-refractivity contribution in [1.82, 2.24) is 10.6 Å². The van der Waals surface area contributed by atoms with E-state index in [1.165, 1.54) is 5.39 Å². The van der Waals surface area contributed by atoms with E-state index in [0.717, 1.165) is 16.5 Å². The van der Waals surface area contributed by atoms with E-state index in [4.69, 9.17) is 0 Å². The summed E-state index contributed by atoms with van der Waals surface area (Å²) in [4.78, 5) is 23.9. The van der Waals surface area contributed by atoms with Crippen LogP contribution in [0.25, 0.3) is 10.8 Å². The molecule has 0 aromatic heterocycles. The van der Waals surface area contributed by atoms with Gasteiger partial charge in [-0.1, -0.05) is 54.6 Å². The molecule has 132 valence electrons. The smallest absolute Gasteiger partial charge is 0.251 e. The summed E-state index contributed by atoms with van der Waals surface area (Å²) in [5.41, 5.74) is 2.62. The van der Waals surface area contributed by atoms with Crippen molar-refractivity contribution in [3.63, 3.8) is 0 Å². The molecule has 0 spiro atoms. The normalized spacial score (nSPS) is 10.7. The minimum Gasteiger partial charge on any atom is -0.355 e. The van der Waals surface area contributed by atoms with Gasteiger partial charge in [-0.2, -0.15) is 0 Å². The lowest BCUT2D eigenvalue weighted by Gasteiger charge is -2.07. The van der Waals surface area contributed by atoms with E-state index in [-0.39, 0.29) is 11.7 Å². The second-order valence-corrected chi connectivity index (χ2v) is 6.28. The molecule has 0 saturated heterocycles. The van der Waals surface area contributed by atoms with E-state index in [0.29, 0.717) is 25.1 Å². The van der Waals surface area contributed by atoms with E-state index in [2.05, 4.69) is 34.9 Å². The van der Waals surface area contributed by atoms with Gasteiger partial charge in [0.15, 0.2) is 5.78 Å². The first kappa shape index (κ1) is 17.8. The second-order valence-electron chi connectivity index (χ2n) is 6.28. The Hall–Kier alpha value is -2.98. The fraction of sp³-hybridized carbons (Fsp3) is 0.182. The van der Waals surface area contributed by atoms with Gasteiger partial charge in [0.05, 0.1) is 6.54 Å². The van der Waals surface area contributed by atoms with Gasteiger partial charge in [-0.3, -0.25) is 9.59 Å². The number of carbonyl (C=O) groups excluding carboxylic acids is 2. The van der Waals surface area contributed by atoms with E-state index < -0.39 is 0 Å². The predicted octanol–water partition coefficient (Wildman–Crippen LogP) is 3.10. The quantitative estimate of drug-likeness (QED) is 0.691. The van der Waals surface area contributed by atoms with E-state index in [1.54, 1.807) is 13.1 Å². The molecule has 3 aromatic carbocycles. The maximum Gasteiger partial charge on any atom is 0.251 e. The van der Waals surface area contributed by atoms with Crippen LogP contribution in [0.15, 0.2) is 66.7 Å². The first-order chi connectivity index (χ1) is 12.7. The Bertz CT molecular complexity index is 934. The van der Waals surface area contributed by atoms with Crippen molar-refractivity contribution in [2.45, 2.75) is 13.0 Å². The molecule has 0 aliphatic rings. The van der Waals surface area contributed by atoms with Crippen LogP contribution in [0.3, 0.4) is 0 Å². The first-order valence-corrected chi connectivity index (χ1v) is 8.67. The molecule has 0 atom stereocenters. The topological polar surface area (TPSA) is 58.2 Å². The Morgan fingerprint density at radius 2 is 1.65 bits per heavy atom. The Morgan fingerprint density at radius 3 is 2.46 bits per heavy atom. The largest absolute Gasteiger partial charge is 0.355 e. The first-order valence-electron chi connectivity index (χ1n) is 8.67. The van der Waals surface area contributed by atoms with Gasteiger partial charge in [-0.05, 0) is 34.0 Å². The van der Waals surface area contributed by atoms with Crippen LogP contribution in [-0.4, -0.2) is 25.3 Å². The van der Waals surface area contributed by atoms with Gasteiger partial charge in [0.25, 0.3) is 5.91 Å². The Morgan fingerprint density at radius 1 is 0.846 bits per heavy atom. The molecule has 3 rings (SSSR count). The molecule has 0 saturated carbocycles. The molecule has 0 unspecified atom stereocenters. The lowest BCUT2D eigenvalue weighted by Crippen LogP contribution is -2.24. The highest BCUT2D eigenvalue weighted by atomic mass is 16.1. The van der Waals surface area contributed by atoms with Gasteiger partial charge in [0.2, 0.25) is 0 Å². The number of benzene rings is 3. The van der Waals surface area contributed by atoms with Crippen molar-refractivity contribution < 1.29 is 9.59 Å². The molecular weight excluding hydrogens is 324 g/mol. The summed E-state index contributed by atoms with van der Waals surface area (Å²) in [5.74, 6) is 0.0296. The standard InChI is InChI=1S/C22H22N2O2/c1-23-22(26)20-8-4-5-17(12-20)14-24-15-21(25)13-16-9-10-18-6-2-3-7-19(18)11-16/h2-12,24H,13-15H2,1H3,(H,23,26). The molecular formula is C22H22N2O2. The van der Waals surface area contributed by atoms with Gasteiger partial charge in [0.1, 0.15) is 0 Å². The molecule has 0 fully saturated rings. The summed E-state index contributed by atoms with van der Waals surface area (Å²) in [6, 6.07) is 21.6. The molecule has 0 aliphatic carbocycles. The maximum absolute atomic E-state index is 12.2. The molecule has 4 heteroatoms. The number of amides is 1. The summed E-state index contributed by atoms with van der Waals surface area (Å²) in [6.45, 7) is 0.853. The Labute approximate surface area is 153 Å². The number of Topliss-reactive ketones (excluding diaryl/α,β-unsaturated/α-hetero) is 1. The third-order valence-corrected chi connectivity index (χ3v) is 4.28. The number of hydrogen-bond donors (Lipinski definition) is 2. The van der Waals surface area contributed by atoms with Crippen LogP contribution in [0.5, 0.6) is 0 Å². The molecule has 2 N–H and O–H groups in total. The molecule has 1 amide bonds. The number of fused-ring (bicyclic) bond motifs is 1. The lowest BCUT2D eigenvalue weighted by atomic mass is 10.0. The van der Waals surface area contributed by atoms with Crippen molar-refractivity contribution in [2.75, 3.05) is 13.6 Å². The van der Waals surface area contributed by atoms with E-state index in [1.807, 2.05) is 36.4 Å². The zero-order valence-corrected chi connectivity index (χ0v) is 14.8. The van der Waals surface area contributed by atoms with Gasteiger partial charge < -0.3 is 10.6 Å². The Kier molecular flexibility index (Phi) is 5.77. The van der Waals surface area contributed by atoms with Gasteiger partial charge in [0, 0.05) is 25.6 Å². The molecule has 0 aliphatic heterocycles. The van der Waals surface area contributed by atoms with E-state index >= 15 is 0 Å². The zero-order chi connectivity index (χ0) is 18.4. The number of carbonyl (C=O) groups is 2. The summed E-state index contributed by atoms with van der Waals surface area (Å²) >= 11 is 0. The van der Waals surface area contributed by atoms with Crippen LogP contribution in [0.4, 0.5) is 0 Å². The third kappa shape index (κ3) is 4.55. The molecule has 4 nitrogen and oxygen atoms in total. The van der Waals surface area contributed by atoms with E-state index in [9.17, 15) is 9.59 Å². The van der Waals surface area contributed by atoms with Crippen molar-refractivity contribution in [3.05, 3.63) is 83.4 Å². The fourth-order valence-electron chi connectivity index (χ4n) is 2.95. The van der Waals surface area contributed by atoms with Crippen LogP contribution in [0, 0.1) is 0 Å². The number of ketones is 1. The number of rotatable bonds is 7. The maximum atomic E-state index is 12.2. The van der Waals surface area contributed by atoms with Gasteiger partial charge in [-0.25, -0.2) is 0 Å². The van der Waals surface area contributed by atoms with Crippen LogP contribution in [0.2, 0.25) is 0 Å². The second kappa shape index (κ2) is 8.41. The highest BCUT2D eigenvalue weighted by Gasteiger charge is 2.06. The average molecular weight is 346 g/mol. The summed E-state index contributed by atoms with van der Waals surface area (Å²) in [5, 5.41) is 8.10. The molecule has 0 bridgehead atoms. The number of nitrogens with one attached hydrogen (secondary N) is 2. The SMILES string of the molecule is CNC(=O)c1cccc(CNCC(=O)Cc2ccc3ccccc3c2)c1. The van der Waals surface area contributed by atoms with Crippen LogP contribution >= 0.6 is 0 Å². The minimum absolute atomic E-state index is 0.112. The summed E-state index contributed by atoms with van der Waals surface area (Å²) < 4.78 is 0.